The average Bonchev–Trinajstić information content (AvgIpc) is 2.38. The Morgan fingerprint density at radius 3 is 2.25 bits per heavy atom. The van der Waals surface area contributed by atoms with Gasteiger partial charge >= 0.3 is 17.9 Å². The topological polar surface area (TPSA) is 63.6 Å². The number of carboxylic acid groups (broad SMARTS) is 1. The van der Waals surface area contributed by atoms with Gasteiger partial charge in [-0.25, -0.2) is 4.79 Å². The van der Waals surface area contributed by atoms with E-state index in [-0.39, 0.29) is 18.3 Å². The summed E-state index contributed by atoms with van der Waals surface area (Å²) in [5.74, 6) is -7.54. The van der Waals surface area contributed by atoms with Gasteiger partial charge in [0.05, 0.1) is 5.92 Å². The van der Waals surface area contributed by atoms with E-state index in [1.54, 1.807) is 13.8 Å². The van der Waals surface area contributed by atoms with Gasteiger partial charge in [0, 0.05) is 0 Å². The molecule has 0 aliphatic heterocycles. The Morgan fingerprint density at radius 1 is 1.25 bits per heavy atom. The van der Waals surface area contributed by atoms with Crippen LogP contribution in [0.3, 0.4) is 0 Å². The molecule has 1 fully saturated rings. The second-order valence-corrected chi connectivity index (χ2v) is 5.82. The van der Waals surface area contributed by atoms with Gasteiger partial charge in [-0.2, -0.15) is 8.78 Å². The van der Waals surface area contributed by atoms with Crippen molar-refractivity contribution >= 4 is 11.9 Å². The van der Waals surface area contributed by atoms with Gasteiger partial charge in [0.25, 0.3) is 0 Å². The maximum atomic E-state index is 13.6. The minimum atomic E-state index is -4.05. The van der Waals surface area contributed by atoms with Gasteiger partial charge in [0.15, 0.2) is 6.10 Å². The van der Waals surface area contributed by atoms with E-state index < -0.39 is 24.0 Å². The van der Waals surface area contributed by atoms with Crippen LogP contribution >= 0.6 is 0 Å². The molecular formula is C14H22F2O4. The SMILES string of the molecule is CC(C)CC(OC(=O)C1CCCCC1)C(F)(F)C(=O)O. The van der Waals surface area contributed by atoms with E-state index in [2.05, 4.69) is 0 Å². The molecular weight excluding hydrogens is 270 g/mol. The summed E-state index contributed by atoms with van der Waals surface area (Å²) in [5.41, 5.74) is 0. The summed E-state index contributed by atoms with van der Waals surface area (Å²) in [4.78, 5) is 22.6. The van der Waals surface area contributed by atoms with Crippen LogP contribution in [0.2, 0.25) is 0 Å². The number of carbonyl (C=O) groups is 2. The fourth-order valence-corrected chi connectivity index (χ4v) is 2.41. The molecule has 1 saturated carbocycles. The predicted molar refractivity (Wildman–Crippen MR) is 68.5 cm³/mol. The first-order chi connectivity index (χ1) is 9.25. The highest BCUT2D eigenvalue weighted by atomic mass is 19.3. The maximum Gasteiger partial charge on any atom is 0.378 e. The van der Waals surface area contributed by atoms with Gasteiger partial charge in [-0.15, -0.1) is 0 Å². The van der Waals surface area contributed by atoms with E-state index >= 15 is 0 Å². The first-order valence-corrected chi connectivity index (χ1v) is 7.06. The highest BCUT2D eigenvalue weighted by Gasteiger charge is 2.50. The number of hydrogen-bond donors (Lipinski definition) is 1. The van der Waals surface area contributed by atoms with Crippen molar-refractivity contribution in [1.82, 2.24) is 0 Å². The number of alkyl halides is 2. The minimum absolute atomic E-state index is 0.169. The highest BCUT2D eigenvalue weighted by Crippen LogP contribution is 2.30. The Morgan fingerprint density at radius 2 is 1.80 bits per heavy atom. The summed E-state index contributed by atoms with van der Waals surface area (Å²) in [6, 6.07) is 0. The van der Waals surface area contributed by atoms with Crippen LogP contribution in [-0.2, 0) is 14.3 Å². The van der Waals surface area contributed by atoms with Crippen molar-refractivity contribution in [3.8, 4) is 0 Å². The number of halogens is 2. The third-order valence-electron chi connectivity index (χ3n) is 3.57. The Labute approximate surface area is 117 Å². The lowest BCUT2D eigenvalue weighted by Crippen LogP contribution is -2.45. The molecule has 0 aromatic heterocycles. The molecule has 0 saturated heterocycles. The van der Waals surface area contributed by atoms with E-state index in [1.807, 2.05) is 0 Å². The summed E-state index contributed by atoms with van der Waals surface area (Å²) in [7, 11) is 0. The Hall–Kier alpha value is -1.20. The smallest absolute Gasteiger partial charge is 0.378 e. The zero-order valence-corrected chi connectivity index (χ0v) is 11.9. The number of esters is 1. The third kappa shape index (κ3) is 4.42. The molecule has 0 aromatic rings. The monoisotopic (exact) mass is 292 g/mol. The molecule has 0 heterocycles. The molecule has 20 heavy (non-hydrogen) atoms. The van der Waals surface area contributed by atoms with E-state index in [0.29, 0.717) is 12.8 Å². The molecule has 116 valence electrons. The fraction of sp³-hybridized carbons (Fsp3) is 0.857. The second-order valence-electron chi connectivity index (χ2n) is 5.82. The quantitative estimate of drug-likeness (QED) is 0.763. The lowest BCUT2D eigenvalue weighted by molar-refractivity contribution is -0.197. The predicted octanol–water partition coefficient (Wildman–Crippen LogP) is 3.24. The van der Waals surface area contributed by atoms with Gasteiger partial charge < -0.3 is 9.84 Å². The zero-order chi connectivity index (χ0) is 15.3. The molecule has 1 N–H and O–H groups in total. The van der Waals surface area contributed by atoms with Crippen LogP contribution in [0.15, 0.2) is 0 Å². The molecule has 1 unspecified atom stereocenters. The molecule has 6 heteroatoms. The molecule has 0 aromatic carbocycles. The van der Waals surface area contributed by atoms with E-state index in [4.69, 9.17) is 9.84 Å². The molecule has 0 amide bonds. The van der Waals surface area contributed by atoms with Crippen molar-refractivity contribution in [2.24, 2.45) is 11.8 Å². The zero-order valence-electron chi connectivity index (χ0n) is 11.9. The number of aliphatic carboxylic acids is 1. The molecule has 1 aliphatic carbocycles. The van der Waals surface area contributed by atoms with Gasteiger partial charge in [0.1, 0.15) is 0 Å². The lowest BCUT2D eigenvalue weighted by Gasteiger charge is -2.28. The van der Waals surface area contributed by atoms with Crippen LogP contribution in [-0.4, -0.2) is 29.1 Å². The largest absolute Gasteiger partial charge is 0.477 e. The third-order valence-corrected chi connectivity index (χ3v) is 3.57. The maximum absolute atomic E-state index is 13.6. The van der Waals surface area contributed by atoms with Gasteiger partial charge in [-0.3, -0.25) is 4.79 Å². The molecule has 0 bridgehead atoms. The molecule has 4 nitrogen and oxygen atoms in total. The van der Waals surface area contributed by atoms with Crippen LogP contribution in [0, 0.1) is 11.8 Å². The summed E-state index contributed by atoms with van der Waals surface area (Å²) in [5, 5.41) is 8.61. The number of carboxylic acids is 1. The van der Waals surface area contributed by atoms with Crippen molar-refractivity contribution in [2.75, 3.05) is 0 Å². The minimum Gasteiger partial charge on any atom is -0.477 e. The number of rotatable bonds is 6. The van der Waals surface area contributed by atoms with Crippen LogP contribution < -0.4 is 0 Å². The Balaban J connectivity index is 2.73. The van der Waals surface area contributed by atoms with E-state index in [1.165, 1.54) is 0 Å². The van der Waals surface area contributed by atoms with Crippen LogP contribution in [0.25, 0.3) is 0 Å². The van der Waals surface area contributed by atoms with Crippen molar-refractivity contribution in [3.05, 3.63) is 0 Å². The van der Waals surface area contributed by atoms with Crippen LogP contribution in [0.4, 0.5) is 8.78 Å². The summed E-state index contributed by atoms with van der Waals surface area (Å²) >= 11 is 0. The Bertz CT molecular complexity index is 349. The van der Waals surface area contributed by atoms with Crippen molar-refractivity contribution < 1.29 is 28.2 Å². The van der Waals surface area contributed by atoms with Crippen molar-refractivity contribution in [1.29, 1.82) is 0 Å². The molecule has 1 aliphatic rings. The summed E-state index contributed by atoms with van der Waals surface area (Å²) in [6.07, 6.45) is 1.99. The van der Waals surface area contributed by atoms with Gasteiger partial charge in [0.2, 0.25) is 0 Å². The average molecular weight is 292 g/mol. The molecule has 0 radical (unpaired) electrons. The molecule has 0 spiro atoms. The number of hydrogen-bond acceptors (Lipinski definition) is 3. The molecule has 1 atom stereocenters. The number of carbonyl (C=O) groups excluding carboxylic acids is 1. The van der Waals surface area contributed by atoms with E-state index in [0.717, 1.165) is 19.3 Å². The summed E-state index contributed by atoms with van der Waals surface area (Å²) in [6.45, 7) is 3.36. The highest BCUT2D eigenvalue weighted by molar-refractivity contribution is 5.78. The summed E-state index contributed by atoms with van der Waals surface area (Å²) < 4.78 is 32.1. The normalized spacial score (nSPS) is 18.9. The van der Waals surface area contributed by atoms with Gasteiger partial charge in [-0.05, 0) is 25.2 Å². The van der Waals surface area contributed by atoms with Gasteiger partial charge in [-0.1, -0.05) is 33.1 Å². The lowest BCUT2D eigenvalue weighted by atomic mass is 9.89. The Kier molecular flexibility index (Phi) is 5.89. The van der Waals surface area contributed by atoms with Crippen LogP contribution in [0.5, 0.6) is 0 Å². The number of ether oxygens (including phenoxy) is 1. The van der Waals surface area contributed by atoms with Crippen molar-refractivity contribution in [3.63, 3.8) is 0 Å². The van der Waals surface area contributed by atoms with E-state index in [9.17, 15) is 18.4 Å². The first kappa shape index (κ1) is 16.9. The van der Waals surface area contributed by atoms with Crippen LogP contribution in [0.1, 0.15) is 52.4 Å². The first-order valence-electron chi connectivity index (χ1n) is 7.06. The standard InChI is InChI=1S/C14H22F2O4/c1-9(2)8-11(14(15,16)13(18)19)20-12(17)10-6-4-3-5-7-10/h9-11H,3-8H2,1-2H3,(H,18,19). The van der Waals surface area contributed by atoms with Crippen molar-refractivity contribution in [2.45, 2.75) is 64.4 Å². The fourth-order valence-electron chi connectivity index (χ4n) is 2.41. The second kappa shape index (κ2) is 6.99. The molecule has 1 rings (SSSR count).